The Balaban J connectivity index is 2.42. The van der Waals surface area contributed by atoms with Crippen molar-refractivity contribution in [2.45, 2.75) is 40.3 Å². The SMILES string of the molecule is CNC(=O)[C@@H](C)N(Cc1cccc(C)c1)C(=O)CN(c1ccc(C)cc1C)S(C)(=O)=O. The first-order chi connectivity index (χ1) is 14.4. The highest BCUT2D eigenvalue weighted by molar-refractivity contribution is 7.92. The third kappa shape index (κ3) is 6.30. The Labute approximate surface area is 185 Å². The lowest BCUT2D eigenvalue weighted by molar-refractivity contribution is -0.139. The Morgan fingerprint density at radius 2 is 1.68 bits per heavy atom. The molecule has 0 spiro atoms. The fraction of sp³-hybridized carbons (Fsp3) is 0.391. The number of anilines is 1. The van der Waals surface area contributed by atoms with Crippen LogP contribution in [0.15, 0.2) is 42.5 Å². The number of hydrogen-bond acceptors (Lipinski definition) is 4. The van der Waals surface area contributed by atoms with Crippen molar-refractivity contribution in [3.8, 4) is 0 Å². The first-order valence-corrected chi connectivity index (χ1v) is 11.9. The smallest absolute Gasteiger partial charge is 0.244 e. The monoisotopic (exact) mass is 445 g/mol. The molecule has 2 aromatic carbocycles. The van der Waals surface area contributed by atoms with Crippen LogP contribution in [0, 0.1) is 20.8 Å². The molecule has 31 heavy (non-hydrogen) atoms. The van der Waals surface area contributed by atoms with E-state index in [2.05, 4.69) is 5.32 Å². The molecule has 0 aliphatic rings. The maximum absolute atomic E-state index is 13.3. The molecule has 1 atom stereocenters. The van der Waals surface area contributed by atoms with Crippen LogP contribution in [-0.2, 0) is 26.2 Å². The van der Waals surface area contributed by atoms with Gasteiger partial charge < -0.3 is 10.2 Å². The summed E-state index contributed by atoms with van der Waals surface area (Å²) in [7, 11) is -2.22. The molecular weight excluding hydrogens is 414 g/mol. The average molecular weight is 446 g/mol. The molecule has 8 heteroatoms. The quantitative estimate of drug-likeness (QED) is 0.677. The van der Waals surface area contributed by atoms with Gasteiger partial charge in [-0.15, -0.1) is 0 Å². The topological polar surface area (TPSA) is 86.8 Å². The molecule has 2 amide bonds. The molecule has 0 aliphatic carbocycles. The van der Waals surface area contributed by atoms with Crippen LogP contribution in [0.2, 0.25) is 0 Å². The van der Waals surface area contributed by atoms with Gasteiger partial charge >= 0.3 is 0 Å². The fourth-order valence-corrected chi connectivity index (χ4v) is 4.39. The van der Waals surface area contributed by atoms with Crippen LogP contribution in [0.4, 0.5) is 5.69 Å². The van der Waals surface area contributed by atoms with Gasteiger partial charge in [0, 0.05) is 13.6 Å². The van der Waals surface area contributed by atoms with Gasteiger partial charge in [-0.1, -0.05) is 47.5 Å². The Kier molecular flexibility index (Phi) is 7.84. The standard InChI is InChI=1S/C23H31N3O4S/c1-16-8-7-9-20(13-16)14-25(19(4)23(28)24-5)22(27)15-26(31(6,29)30)21-11-10-17(2)12-18(21)3/h7-13,19H,14-15H2,1-6H3,(H,24,28)/t19-/m1/s1. The summed E-state index contributed by atoms with van der Waals surface area (Å²) in [5.41, 5.74) is 4.09. The summed E-state index contributed by atoms with van der Waals surface area (Å²) in [6.45, 7) is 7.11. The van der Waals surface area contributed by atoms with Gasteiger partial charge in [0.15, 0.2) is 0 Å². The van der Waals surface area contributed by atoms with E-state index in [0.29, 0.717) is 5.69 Å². The number of benzene rings is 2. The van der Waals surface area contributed by atoms with Crippen LogP contribution in [-0.4, -0.2) is 51.0 Å². The van der Waals surface area contributed by atoms with Crippen LogP contribution in [0.1, 0.15) is 29.2 Å². The van der Waals surface area contributed by atoms with Crippen molar-refractivity contribution >= 4 is 27.5 Å². The van der Waals surface area contributed by atoms with Gasteiger partial charge in [-0.25, -0.2) is 8.42 Å². The molecule has 0 bridgehead atoms. The Morgan fingerprint density at radius 1 is 1.03 bits per heavy atom. The minimum absolute atomic E-state index is 0.194. The van der Waals surface area contributed by atoms with Crippen molar-refractivity contribution < 1.29 is 18.0 Å². The molecule has 0 unspecified atom stereocenters. The summed E-state index contributed by atoms with van der Waals surface area (Å²) >= 11 is 0. The summed E-state index contributed by atoms with van der Waals surface area (Å²) < 4.78 is 26.2. The van der Waals surface area contributed by atoms with Gasteiger partial charge in [-0.05, 0) is 44.9 Å². The van der Waals surface area contributed by atoms with Crippen LogP contribution in [0.5, 0.6) is 0 Å². The second-order valence-corrected chi connectivity index (χ2v) is 9.77. The van der Waals surface area contributed by atoms with Gasteiger partial charge in [0.25, 0.3) is 0 Å². The predicted molar refractivity (Wildman–Crippen MR) is 123 cm³/mol. The maximum atomic E-state index is 13.3. The van der Waals surface area contributed by atoms with Gasteiger partial charge in [0.1, 0.15) is 12.6 Å². The van der Waals surface area contributed by atoms with Gasteiger partial charge in [0.2, 0.25) is 21.8 Å². The number of likely N-dealkylation sites (N-methyl/N-ethyl adjacent to an activating group) is 1. The molecule has 0 radical (unpaired) electrons. The summed E-state index contributed by atoms with van der Waals surface area (Å²) in [4.78, 5) is 27.1. The van der Waals surface area contributed by atoms with E-state index >= 15 is 0 Å². The van der Waals surface area contributed by atoms with Crippen LogP contribution < -0.4 is 9.62 Å². The predicted octanol–water partition coefficient (Wildman–Crippen LogP) is 2.54. The number of carbonyl (C=O) groups is 2. The number of nitrogens with zero attached hydrogens (tertiary/aromatic N) is 2. The highest BCUT2D eigenvalue weighted by Gasteiger charge is 2.30. The molecule has 0 fully saturated rings. The highest BCUT2D eigenvalue weighted by Crippen LogP contribution is 2.24. The van der Waals surface area contributed by atoms with E-state index < -0.39 is 28.5 Å². The molecule has 0 heterocycles. The summed E-state index contributed by atoms with van der Waals surface area (Å²) in [6, 6.07) is 12.3. The molecule has 0 aromatic heterocycles. The minimum atomic E-state index is -3.73. The van der Waals surface area contributed by atoms with E-state index in [1.165, 1.54) is 11.9 Å². The first-order valence-electron chi connectivity index (χ1n) is 10.1. The molecule has 0 aliphatic heterocycles. The first kappa shape index (κ1) is 24.4. The molecule has 2 rings (SSSR count). The van der Waals surface area contributed by atoms with Crippen molar-refractivity contribution in [1.82, 2.24) is 10.2 Å². The van der Waals surface area contributed by atoms with Crippen molar-refractivity contribution in [2.24, 2.45) is 0 Å². The van der Waals surface area contributed by atoms with E-state index in [0.717, 1.165) is 32.8 Å². The number of amides is 2. The summed E-state index contributed by atoms with van der Waals surface area (Å²) in [5.74, 6) is -0.776. The summed E-state index contributed by atoms with van der Waals surface area (Å²) in [5, 5.41) is 2.56. The zero-order chi connectivity index (χ0) is 23.3. The second-order valence-electron chi connectivity index (χ2n) is 7.86. The minimum Gasteiger partial charge on any atom is -0.357 e. The largest absolute Gasteiger partial charge is 0.357 e. The molecular formula is C23H31N3O4S. The Hall–Kier alpha value is -2.87. The van der Waals surface area contributed by atoms with E-state index in [9.17, 15) is 18.0 Å². The van der Waals surface area contributed by atoms with E-state index in [4.69, 9.17) is 0 Å². The van der Waals surface area contributed by atoms with Gasteiger partial charge in [-0.3, -0.25) is 13.9 Å². The third-order valence-corrected chi connectivity index (χ3v) is 6.28. The normalized spacial score (nSPS) is 12.2. The molecule has 0 saturated heterocycles. The summed E-state index contributed by atoms with van der Waals surface area (Å²) in [6.07, 6.45) is 1.08. The zero-order valence-electron chi connectivity index (χ0n) is 19.0. The lowest BCUT2D eigenvalue weighted by atomic mass is 10.1. The van der Waals surface area contributed by atoms with Crippen molar-refractivity contribution in [2.75, 3.05) is 24.2 Å². The molecule has 168 valence electrons. The van der Waals surface area contributed by atoms with E-state index in [-0.39, 0.29) is 12.5 Å². The molecule has 2 aromatic rings. The van der Waals surface area contributed by atoms with Crippen molar-refractivity contribution in [3.63, 3.8) is 0 Å². The number of rotatable bonds is 8. The highest BCUT2D eigenvalue weighted by atomic mass is 32.2. The van der Waals surface area contributed by atoms with Gasteiger partial charge in [0.05, 0.1) is 11.9 Å². The maximum Gasteiger partial charge on any atom is 0.244 e. The van der Waals surface area contributed by atoms with Crippen LogP contribution in [0.3, 0.4) is 0 Å². The number of carbonyl (C=O) groups excluding carboxylic acids is 2. The Bertz CT molecular complexity index is 1070. The lowest BCUT2D eigenvalue weighted by Crippen LogP contribution is -2.50. The van der Waals surface area contributed by atoms with E-state index in [1.54, 1.807) is 13.0 Å². The lowest BCUT2D eigenvalue weighted by Gasteiger charge is -2.31. The van der Waals surface area contributed by atoms with Crippen molar-refractivity contribution in [1.29, 1.82) is 0 Å². The third-order valence-electron chi connectivity index (χ3n) is 5.15. The average Bonchev–Trinajstić information content (AvgIpc) is 2.68. The second kappa shape index (κ2) is 9.96. The number of nitrogens with one attached hydrogen (secondary N) is 1. The molecule has 7 nitrogen and oxygen atoms in total. The van der Waals surface area contributed by atoms with Crippen LogP contribution >= 0.6 is 0 Å². The van der Waals surface area contributed by atoms with Crippen LogP contribution in [0.25, 0.3) is 0 Å². The zero-order valence-corrected chi connectivity index (χ0v) is 19.8. The Morgan fingerprint density at radius 3 is 2.23 bits per heavy atom. The number of aryl methyl sites for hydroxylation is 3. The molecule has 0 saturated carbocycles. The van der Waals surface area contributed by atoms with Crippen molar-refractivity contribution in [3.05, 3.63) is 64.7 Å². The van der Waals surface area contributed by atoms with E-state index in [1.807, 2.05) is 57.2 Å². The van der Waals surface area contributed by atoms with Gasteiger partial charge in [-0.2, -0.15) is 0 Å². The molecule has 1 N–H and O–H groups in total. The number of sulfonamides is 1. The fourth-order valence-electron chi connectivity index (χ4n) is 3.48. The number of hydrogen-bond donors (Lipinski definition) is 1.